The minimum atomic E-state index is -0.472. The second-order valence-corrected chi connectivity index (χ2v) is 7.20. The van der Waals surface area contributed by atoms with Crippen LogP contribution in [0.5, 0.6) is 0 Å². The van der Waals surface area contributed by atoms with E-state index in [1.165, 1.54) is 13.8 Å². The summed E-state index contributed by atoms with van der Waals surface area (Å²) < 4.78 is 10.0. The van der Waals surface area contributed by atoms with Crippen LogP contribution in [0.25, 0.3) is 5.57 Å². The number of carbonyl (C=O) groups is 4. The van der Waals surface area contributed by atoms with E-state index >= 15 is 0 Å². The second-order valence-electron chi connectivity index (χ2n) is 7.20. The summed E-state index contributed by atoms with van der Waals surface area (Å²) in [7, 11) is 0. The quantitative estimate of drug-likeness (QED) is 0.703. The smallest absolute Gasteiger partial charge is 0.414 e. The van der Waals surface area contributed by atoms with Crippen molar-refractivity contribution < 1.29 is 28.7 Å². The molecular formula is C21H25N3O6. The standard InChI is InChI=1S/C21H25N3O6/c1-14(25)22-11-19-12-24(21(28)30-19)18-5-3-16(4-6-18)17-7-9-23(10-8-17)20(27)13-29-15(2)26/h3-7,19H,8-13H2,1-2H3,(H,22,25). The Bertz CT molecular complexity index is 864. The second kappa shape index (κ2) is 9.43. The first-order valence-electron chi connectivity index (χ1n) is 9.76. The third-order valence-corrected chi connectivity index (χ3v) is 4.96. The van der Waals surface area contributed by atoms with E-state index in [-0.39, 0.29) is 31.1 Å². The highest BCUT2D eigenvalue weighted by atomic mass is 16.6. The lowest BCUT2D eigenvalue weighted by Crippen LogP contribution is -2.37. The van der Waals surface area contributed by atoms with E-state index in [9.17, 15) is 19.2 Å². The van der Waals surface area contributed by atoms with Crippen molar-refractivity contribution in [2.45, 2.75) is 26.4 Å². The van der Waals surface area contributed by atoms with E-state index in [1.807, 2.05) is 30.3 Å². The summed E-state index contributed by atoms with van der Waals surface area (Å²) in [6.45, 7) is 4.13. The Morgan fingerprint density at radius 1 is 1.20 bits per heavy atom. The minimum absolute atomic E-state index is 0.166. The van der Waals surface area contributed by atoms with Crippen LogP contribution in [0.1, 0.15) is 25.8 Å². The highest BCUT2D eigenvalue weighted by Crippen LogP contribution is 2.27. The Balaban J connectivity index is 1.57. The van der Waals surface area contributed by atoms with E-state index in [0.717, 1.165) is 16.8 Å². The van der Waals surface area contributed by atoms with Gasteiger partial charge in [0.2, 0.25) is 5.91 Å². The van der Waals surface area contributed by atoms with Crippen LogP contribution < -0.4 is 10.2 Å². The van der Waals surface area contributed by atoms with Gasteiger partial charge in [0.05, 0.1) is 13.1 Å². The van der Waals surface area contributed by atoms with Crippen molar-refractivity contribution in [2.24, 2.45) is 0 Å². The first kappa shape index (κ1) is 21.4. The number of hydrogen-bond donors (Lipinski definition) is 1. The highest BCUT2D eigenvalue weighted by Gasteiger charge is 2.32. The van der Waals surface area contributed by atoms with Crippen LogP contribution in [0.4, 0.5) is 10.5 Å². The van der Waals surface area contributed by atoms with Gasteiger partial charge in [-0.25, -0.2) is 4.79 Å². The van der Waals surface area contributed by atoms with Gasteiger partial charge >= 0.3 is 12.1 Å². The SMILES string of the molecule is CC(=O)NCC1CN(c2ccc(C3=CCN(C(=O)COC(C)=O)CC3)cc2)C(=O)O1. The maximum atomic E-state index is 12.1. The fraction of sp³-hybridized carbons (Fsp3) is 0.429. The number of ether oxygens (including phenoxy) is 2. The first-order chi connectivity index (χ1) is 14.3. The number of nitrogens with one attached hydrogen (secondary N) is 1. The molecule has 30 heavy (non-hydrogen) atoms. The van der Waals surface area contributed by atoms with Crippen molar-refractivity contribution in [3.05, 3.63) is 35.9 Å². The molecule has 2 heterocycles. The number of anilines is 1. The molecule has 1 aromatic rings. The fourth-order valence-corrected chi connectivity index (χ4v) is 3.36. The third kappa shape index (κ3) is 5.37. The Kier molecular flexibility index (Phi) is 6.71. The van der Waals surface area contributed by atoms with Gasteiger partial charge in [0.15, 0.2) is 6.61 Å². The van der Waals surface area contributed by atoms with Crippen molar-refractivity contribution in [2.75, 3.05) is 37.7 Å². The lowest BCUT2D eigenvalue weighted by atomic mass is 9.99. The zero-order chi connectivity index (χ0) is 21.7. The molecule has 9 heteroatoms. The highest BCUT2D eigenvalue weighted by molar-refractivity contribution is 5.90. The van der Waals surface area contributed by atoms with Crippen LogP contribution in [-0.2, 0) is 23.9 Å². The Morgan fingerprint density at radius 2 is 1.93 bits per heavy atom. The van der Waals surface area contributed by atoms with Crippen LogP contribution in [0.2, 0.25) is 0 Å². The Morgan fingerprint density at radius 3 is 2.53 bits per heavy atom. The van der Waals surface area contributed by atoms with Crippen molar-refractivity contribution in [1.82, 2.24) is 10.2 Å². The molecule has 0 saturated carbocycles. The number of esters is 1. The average Bonchev–Trinajstić information content (AvgIpc) is 3.11. The minimum Gasteiger partial charge on any atom is -0.456 e. The summed E-state index contributed by atoms with van der Waals surface area (Å²) in [5.41, 5.74) is 2.86. The molecule has 1 N–H and O–H groups in total. The lowest BCUT2D eigenvalue weighted by molar-refractivity contribution is -0.150. The molecule has 3 rings (SSSR count). The molecule has 0 bridgehead atoms. The van der Waals surface area contributed by atoms with Crippen molar-refractivity contribution in [3.8, 4) is 0 Å². The summed E-state index contributed by atoms with van der Waals surface area (Å²) in [4.78, 5) is 49.2. The number of nitrogens with zero attached hydrogens (tertiary/aromatic N) is 2. The van der Waals surface area contributed by atoms with Crippen LogP contribution in [0.3, 0.4) is 0 Å². The largest absolute Gasteiger partial charge is 0.456 e. The van der Waals surface area contributed by atoms with Gasteiger partial charge in [0, 0.05) is 32.6 Å². The van der Waals surface area contributed by atoms with Gasteiger partial charge in [-0.05, 0) is 29.7 Å². The molecule has 0 radical (unpaired) electrons. The van der Waals surface area contributed by atoms with Crippen molar-refractivity contribution in [3.63, 3.8) is 0 Å². The normalized spacial score (nSPS) is 18.5. The lowest BCUT2D eigenvalue weighted by Gasteiger charge is -2.26. The molecule has 0 spiro atoms. The van der Waals surface area contributed by atoms with Gasteiger partial charge in [0.1, 0.15) is 6.10 Å². The molecular weight excluding hydrogens is 390 g/mol. The summed E-state index contributed by atoms with van der Waals surface area (Å²) in [6.07, 6.45) is 1.86. The maximum Gasteiger partial charge on any atom is 0.414 e. The van der Waals surface area contributed by atoms with Gasteiger partial charge < -0.3 is 19.7 Å². The molecule has 0 aromatic heterocycles. The molecule has 1 saturated heterocycles. The van der Waals surface area contributed by atoms with Gasteiger partial charge in [-0.15, -0.1) is 0 Å². The third-order valence-electron chi connectivity index (χ3n) is 4.96. The van der Waals surface area contributed by atoms with Gasteiger partial charge in [0.25, 0.3) is 5.91 Å². The number of benzene rings is 1. The number of cyclic esters (lactones) is 1. The van der Waals surface area contributed by atoms with Crippen molar-refractivity contribution in [1.29, 1.82) is 0 Å². The first-order valence-corrected chi connectivity index (χ1v) is 9.76. The van der Waals surface area contributed by atoms with Crippen LogP contribution in [0, 0.1) is 0 Å². The molecule has 1 unspecified atom stereocenters. The molecule has 1 atom stereocenters. The van der Waals surface area contributed by atoms with Crippen LogP contribution >= 0.6 is 0 Å². The predicted molar refractivity (Wildman–Crippen MR) is 109 cm³/mol. The maximum absolute atomic E-state index is 12.1. The van der Waals surface area contributed by atoms with Gasteiger partial charge in [-0.3, -0.25) is 19.3 Å². The van der Waals surface area contributed by atoms with E-state index in [1.54, 1.807) is 9.80 Å². The van der Waals surface area contributed by atoms with Crippen LogP contribution in [-0.4, -0.2) is 67.7 Å². The Hall–Kier alpha value is -3.36. The van der Waals surface area contributed by atoms with E-state index in [2.05, 4.69) is 5.32 Å². The van der Waals surface area contributed by atoms with E-state index < -0.39 is 12.1 Å². The monoisotopic (exact) mass is 415 g/mol. The fourth-order valence-electron chi connectivity index (χ4n) is 3.36. The molecule has 9 nitrogen and oxygen atoms in total. The Labute approximate surface area is 174 Å². The molecule has 3 amide bonds. The number of carbonyl (C=O) groups excluding carboxylic acids is 4. The van der Waals surface area contributed by atoms with Gasteiger partial charge in [-0.2, -0.15) is 0 Å². The van der Waals surface area contributed by atoms with Crippen molar-refractivity contribution >= 4 is 35.1 Å². The molecule has 1 aromatic carbocycles. The van der Waals surface area contributed by atoms with E-state index in [4.69, 9.17) is 9.47 Å². The molecule has 2 aliphatic rings. The molecule has 1 fully saturated rings. The summed E-state index contributed by atoms with van der Waals surface area (Å²) in [6, 6.07) is 7.59. The summed E-state index contributed by atoms with van der Waals surface area (Å²) >= 11 is 0. The van der Waals surface area contributed by atoms with E-state index in [0.29, 0.717) is 26.1 Å². The molecule has 0 aliphatic carbocycles. The topological polar surface area (TPSA) is 105 Å². The zero-order valence-electron chi connectivity index (χ0n) is 17.1. The summed E-state index contributed by atoms with van der Waals surface area (Å²) in [5.74, 6) is -0.849. The number of hydrogen-bond acceptors (Lipinski definition) is 6. The van der Waals surface area contributed by atoms with Gasteiger partial charge in [-0.1, -0.05) is 18.2 Å². The average molecular weight is 415 g/mol. The zero-order valence-corrected chi connectivity index (χ0v) is 17.1. The molecule has 160 valence electrons. The molecule has 2 aliphatic heterocycles. The number of rotatable bonds is 6. The summed E-state index contributed by atoms with van der Waals surface area (Å²) in [5, 5.41) is 2.65. The predicted octanol–water partition coefficient (Wildman–Crippen LogP) is 1.33. The van der Waals surface area contributed by atoms with Crippen LogP contribution in [0.15, 0.2) is 30.3 Å². The number of amides is 3.